The Hall–Kier alpha value is -1.09. The Morgan fingerprint density at radius 1 is 1.50 bits per heavy atom. The van der Waals surface area contributed by atoms with Crippen molar-refractivity contribution in [3.8, 4) is 0 Å². The minimum Gasteiger partial charge on any atom is -0.393 e. The van der Waals surface area contributed by atoms with E-state index in [1.54, 1.807) is 0 Å². The van der Waals surface area contributed by atoms with Gasteiger partial charge in [0.15, 0.2) is 0 Å². The lowest BCUT2D eigenvalue weighted by Gasteiger charge is -2.31. The van der Waals surface area contributed by atoms with E-state index in [9.17, 15) is 0 Å². The van der Waals surface area contributed by atoms with E-state index in [1.807, 2.05) is 25.3 Å². The van der Waals surface area contributed by atoms with Crippen molar-refractivity contribution in [1.82, 2.24) is 4.98 Å². The number of rotatable bonds is 3. The third-order valence-electron chi connectivity index (χ3n) is 2.69. The zero-order valence-corrected chi connectivity index (χ0v) is 8.40. The van der Waals surface area contributed by atoms with E-state index in [1.165, 1.54) is 5.56 Å². The van der Waals surface area contributed by atoms with Crippen LogP contribution in [0.25, 0.3) is 0 Å². The molecule has 0 radical (unpaired) electrons. The standard InChI is InChI=1S/C11H16N2O/c1-8-2-3-11(12-6-8)13-7-9-4-10(14)5-9/h2-3,6,9-10,14H,4-5,7H2,1H3,(H,12,13). The van der Waals surface area contributed by atoms with Crippen LogP contribution < -0.4 is 5.32 Å². The Morgan fingerprint density at radius 2 is 2.29 bits per heavy atom. The molecule has 1 heterocycles. The molecule has 1 aliphatic carbocycles. The molecule has 3 heteroatoms. The molecule has 0 saturated heterocycles. The zero-order valence-electron chi connectivity index (χ0n) is 8.40. The van der Waals surface area contributed by atoms with Crippen LogP contribution in [-0.4, -0.2) is 22.7 Å². The van der Waals surface area contributed by atoms with E-state index in [-0.39, 0.29) is 6.10 Å². The molecule has 14 heavy (non-hydrogen) atoms. The van der Waals surface area contributed by atoms with E-state index >= 15 is 0 Å². The first-order valence-electron chi connectivity index (χ1n) is 5.08. The molecule has 0 spiro atoms. The number of pyridine rings is 1. The molecule has 1 aliphatic rings. The van der Waals surface area contributed by atoms with E-state index in [0.717, 1.165) is 25.2 Å². The molecule has 2 rings (SSSR count). The van der Waals surface area contributed by atoms with Crippen LogP contribution in [0.2, 0.25) is 0 Å². The van der Waals surface area contributed by atoms with E-state index < -0.39 is 0 Å². The summed E-state index contributed by atoms with van der Waals surface area (Å²) in [7, 11) is 0. The maximum Gasteiger partial charge on any atom is 0.125 e. The van der Waals surface area contributed by atoms with Crippen molar-refractivity contribution >= 4 is 5.82 Å². The van der Waals surface area contributed by atoms with E-state index in [4.69, 9.17) is 5.11 Å². The highest BCUT2D eigenvalue weighted by molar-refractivity contribution is 5.35. The summed E-state index contributed by atoms with van der Waals surface area (Å²) >= 11 is 0. The maximum absolute atomic E-state index is 9.11. The minimum atomic E-state index is -0.0622. The highest BCUT2D eigenvalue weighted by Gasteiger charge is 2.26. The first-order valence-corrected chi connectivity index (χ1v) is 5.08. The number of aromatic nitrogens is 1. The summed E-state index contributed by atoms with van der Waals surface area (Å²) in [6.07, 6.45) is 3.66. The van der Waals surface area contributed by atoms with Crippen molar-refractivity contribution in [2.24, 2.45) is 5.92 Å². The third-order valence-corrected chi connectivity index (χ3v) is 2.69. The van der Waals surface area contributed by atoms with Crippen molar-refractivity contribution in [3.05, 3.63) is 23.9 Å². The normalized spacial score (nSPS) is 25.6. The summed E-state index contributed by atoms with van der Waals surface area (Å²) in [6.45, 7) is 2.95. The Labute approximate surface area is 84.2 Å². The summed E-state index contributed by atoms with van der Waals surface area (Å²) < 4.78 is 0. The second-order valence-corrected chi connectivity index (χ2v) is 4.09. The molecule has 0 unspecified atom stereocenters. The molecule has 0 amide bonds. The summed E-state index contributed by atoms with van der Waals surface area (Å²) in [5, 5.41) is 12.4. The number of nitrogens with zero attached hydrogens (tertiary/aromatic N) is 1. The molecule has 1 saturated carbocycles. The average molecular weight is 192 g/mol. The molecule has 0 aromatic carbocycles. The largest absolute Gasteiger partial charge is 0.393 e. The number of nitrogens with one attached hydrogen (secondary N) is 1. The SMILES string of the molecule is Cc1ccc(NCC2CC(O)C2)nc1. The van der Waals surface area contributed by atoms with E-state index in [0.29, 0.717) is 5.92 Å². The van der Waals surface area contributed by atoms with Gasteiger partial charge in [-0.2, -0.15) is 0 Å². The van der Waals surface area contributed by atoms with Gasteiger partial charge in [0.1, 0.15) is 5.82 Å². The van der Waals surface area contributed by atoms with Crippen molar-refractivity contribution in [2.45, 2.75) is 25.9 Å². The topological polar surface area (TPSA) is 45.1 Å². The number of aryl methyl sites for hydroxylation is 1. The predicted molar refractivity (Wildman–Crippen MR) is 56.2 cm³/mol. The third kappa shape index (κ3) is 2.23. The number of aliphatic hydroxyl groups excluding tert-OH is 1. The molecule has 3 nitrogen and oxygen atoms in total. The van der Waals surface area contributed by atoms with Crippen LogP contribution in [0.5, 0.6) is 0 Å². The number of aliphatic hydroxyl groups is 1. The Balaban J connectivity index is 1.78. The second-order valence-electron chi connectivity index (χ2n) is 4.09. The number of anilines is 1. The Kier molecular flexibility index (Phi) is 2.68. The molecule has 0 atom stereocenters. The summed E-state index contributed by atoms with van der Waals surface area (Å²) in [5.41, 5.74) is 1.18. The highest BCUT2D eigenvalue weighted by Crippen LogP contribution is 2.26. The lowest BCUT2D eigenvalue weighted by molar-refractivity contribution is 0.0486. The fourth-order valence-corrected chi connectivity index (χ4v) is 1.69. The lowest BCUT2D eigenvalue weighted by Crippen LogP contribution is -2.33. The van der Waals surface area contributed by atoms with Crippen molar-refractivity contribution in [1.29, 1.82) is 0 Å². The molecule has 0 bridgehead atoms. The monoisotopic (exact) mass is 192 g/mol. The quantitative estimate of drug-likeness (QED) is 0.764. The molecule has 1 aromatic rings. The van der Waals surface area contributed by atoms with Gasteiger partial charge in [0.25, 0.3) is 0 Å². The second kappa shape index (κ2) is 3.96. The van der Waals surface area contributed by atoms with Crippen LogP contribution in [-0.2, 0) is 0 Å². The molecule has 2 N–H and O–H groups in total. The van der Waals surface area contributed by atoms with Gasteiger partial charge in [0.05, 0.1) is 6.10 Å². The Bertz CT molecular complexity index is 291. The smallest absolute Gasteiger partial charge is 0.125 e. The predicted octanol–water partition coefficient (Wildman–Crippen LogP) is 1.57. The van der Waals surface area contributed by atoms with Gasteiger partial charge < -0.3 is 10.4 Å². The zero-order chi connectivity index (χ0) is 9.97. The van der Waals surface area contributed by atoms with Gasteiger partial charge >= 0.3 is 0 Å². The first kappa shape index (κ1) is 9.46. The molecule has 0 aliphatic heterocycles. The molecule has 76 valence electrons. The van der Waals surface area contributed by atoms with Gasteiger partial charge in [-0.25, -0.2) is 4.98 Å². The van der Waals surface area contributed by atoms with Crippen LogP contribution in [0, 0.1) is 12.8 Å². The van der Waals surface area contributed by atoms with Gasteiger partial charge in [0.2, 0.25) is 0 Å². The fraction of sp³-hybridized carbons (Fsp3) is 0.545. The van der Waals surface area contributed by atoms with Crippen LogP contribution >= 0.6 is 0 Å². The van der Waals surface area contributed by atoms with E-state index in [2.05, 4.69) is 10.3 Å². The minimum absolute atomic E-state index is 0.0622. The molecule has 1 fully saturated rings. The van der Waals surface area contributed by atoms with Crippen LogP contribution in [0.1, 0.15) is 18.4 Å². The van der Waals surface area contributed by atoms with Crippen LogP contribution in [0.3, 0.4) is 0 Å². The highest BCUT2D eigenvalue weighted by atomic mass is 16.3. The van der Waals surface area contributed by atoms with Crippen LogP contribution in [0.4, 0.5) is 5.82 Å². The molecular weight excluding hydrogens is 176 g/mol. The van der Waals surface area contributed by atoms with Crippen molar-refractivity contribution < 1.29 is 5.11 Å². The van der Waals surface area contributed by atoms with Crippen molar-refractivity contribution in [2.75, 3.05) is 11.9 Å². The number of hydrogen-bond donors (Lipinski definition) is 2. The maximum atomic E-state index is 9.11. The summed E-state index contributed by atoms with van der Waals surface area (Å²) in [6, 6.07) is 4.04. The van der Waals surface area contributed by atoms with Crippen molar-refractivity contribution in [3.63, 3.8) is 0 Å². The fourth-order valence-electron chi connectivity index (χ4n) is 1.69. The van der Waals surface area contributed by atoms with Gasteiger partial charge in [0, 0.05) is 12.7 Å². The molecule has 1 aromatic heterocycles. The molecular formula is C11H16N2O. The van der Waals surface area contributed by atoms with Crippen LogP contribution in [0.15, 0.2) is 18.3 Å². The van der Waals surface area contributed by atoms with Gasteiger partial charge in [-0.1, -0.05) is 6.07 Å². The van der Waals surface area contributed by atoms with Gasteiger partial charge in [-0.3, -0.25) is 0 Å². The first-order chi connectivity index (χ1) is 6.74. The lowest BCUT2D eigenvalue weighted by atomic mass is 9.82. The average Bonchev–Trinajstić information content (AvgIpc) is 2.13. The van der Waals surface area contributed by atoms with Gasteiger partial charge in [-0.05, 0) is 37.3 Å². The summed E-state index contributed by atoms with van der Waals surface area (Å²) in [5.74, 6) is 1.55. The van der Waals surface area contributed by atoms with Gasteiger partial charge in [-0.15, -0.1) is 0 Å². The Morgan fingerprint density at radius 3 is 2.86 bits per heavy atom. The summed E-state index contributed by atoms with van der Waals surface area (Å²) in [4.78, 5) is 4.25. The number of hydrogen-bond acceptors (Lipinski definition) is 3.